The molecule has 0 spiro atoms. The van der Waals surface area contributed by atoms with Crippen molar-refractivity contribution in [3.63, 3.8) is 0 Å². The number of aromatic nitrogens is 1. The van der Waals surface area contributed by atoms with E-state index >= 15 is 0 Å². The van der Waals surface area contributed by atoms with Crippen LogP contribution in [0.25, 0.3) is 22.4 Å². The SMILES string of the molecule is N#Cc1sccc1-c1cccc(-c2ccccn2)c1. The number of nitriles is 1. The Morgan fingerprint density at radius 1 is 1.00 bits per heavy atom. The van der Waals surface area contributed by atoms with E-state index in [1.165, 1.54) is 11.3 Å². The lowest BCUT2D eigenvalue weighted by Gasteiger charge is -2.04. The standard InChI is InChI=1S/C16H10N2S/c17-11-16-14(7-9-19-16)12-4-3-5-13(10-12)15-6-1-2-8-18-15/h1-10H. The lowest BCUT2D eigenvalue weighted by atomic mass is 10.0. The molecule has 0 saturated heterocycles. The molecule has 0 radical (unpaired) electrons. The first-order chi connectivity index (χ1) is 9.38. The summed E-state index contributed by atoms with van der Waals surface area (Å²) in [4.78, 5) is 5.10. The normalized spacial score (nSPS) is 10.1. The summed E-state index contributed by atoms with van der Waals surface area (Å²) >= 11 is 1.47. The molecule has 2 nitrogen and oxygen atoms in total. The first-order valence-electron chi connectivity index (χ1n) is 5.88. The van der Waals surface area contributed by atoms with E-state index < -0.39 is 0 Å². The summed E-state index contributed by atoms with van der Waals surface area (Å²) in [6.07, 6.45) is 1.79. The highest BCUT2D eigenvalue weighted by Crippen LogP contribution is 2.30. The van der Waals surface area contributed by atoms with Crippen LogP contribution in [0.1, 0.15) is 4.88 Å². The maximum Gasteiger partial charge on any atom is 0.112 e. The van der Waals surface area contributed by atoms with Crippen molar-refractivity contribution in [2.75, 3.05) is 0 Å². The van der Waals surface area contributed by atoms with Crippen LogP contribution in [-0.2, 0) is 0 Å². The molecule has 0 aliphatic rings. The van der Waals surface area contributed by atoms with Crippen LogP contribution in [0, 0.1) is 11.3 Å². The van der Waals surface area contributed by atoms with Crippen molar-refractivity contribution in [2.45, 2.75) is 0 Å². The summed E-state index contributed by atoms with van der Waals surface area (Å²) in [6.45, 7) is 0. The number of hydrogen-bond donors (Lipinski definition) is 0. The fraction of sp³-hybridized carbons (Fsp3) is 0. The van der Waals surface area contributed by atoms with Gasteiger partial charge >= 0.3 is 0 Å². The number of rotatable bonds is 2. The van der Waals surface area contributed by atoms with E-state index in [9.17, 15) is 0 Å². The molecule has 0 bridgehead atoms. The molecule has 19 heavy (non-hydrogen) atoms. The van der Waals surface area contributed by atoms with Crippen LogP contribution in [0.2, 0.25) is 0 Å². The third kappa shape index (κ3) is 2.26. The molecule has 0 aliphatic heterocycles. The highest BCUT2D eigenvalue weighted by molar-refractivity contribution is 7.11. The number of nitrogens with zero attached hydrogens (tertiary/aromatic N) is 2. The molecule has 0 aliphatic carbocycles. The van der Waals surface area contributed by atoms with Gasteiger partial charge in [0, 0.05) is 17.3 Å². The van der Waals surface area contributed by atoms with Gasteiger partial charge in [0.05, 0.1) is 5.69 Å². The Bertz CT molecular complexity index is 739. The molecule has 0 unspecified atom stereocenters. The van der Waals surface area contributed by atoms with Gasteiger partial charge in [-0.1, -0.05) is 24.3 Å². The smallest absolute Gasteiger partial charge is 0.112 e. The first kappa shape index (κ1) is 11.6. The molecule has 90 valence electrons. The largest absolute Gasteiger partial charge is 0.256 e. The van der Waals surface area contributed by atoms with E-state index in [0.29, 0.717) is 0 Å². The van der Waals surface area contributed by atoms with Crippen molar-refractivity contribution in [1.82, 2.24) is 4.98 Å². The second kappa shape index (κ2) is 5.05. The average Bonchev–Trinajstić information content (AvgIpc) is 2.97. The Balaban J connectivity index is 2.09. The predicted molar refractivity (Wildman–Crippen MR) is 77.7 cm³/mol. The zero-order valence-corrected chi connectivity index (χ0v) is 10.9. The van der Waals surface area contributed by atoms with Crippen LogP contribution < -0.4 is 0 Å². The number of hydrogen-bond acceptors (Lipinski definition) is 3. The Hall–Kier alpha value is -2.44. The summed E-state index contributed by atoms with van der Waals surface area (Å²) in [7, 11) is 0. The molecule has 3 rings (SSSR count). The minimum Gasteiger partial charge on any atom is -0.256 e. The molecular formula is C16H10N2S. The van der Waals surface area contributed by atoms with E-state index in [-0.39, 0.29) is 0 Å². The lowest BCUT2D eigenvalue weighted by Crippen LogP contribution is -1.83. The van der Waals surface area contributed by atoms with Gasteiger partial charge in [-0.2, -0.15) is 5.26 Å². The summed E-state index contributed by atoms with van der Waals surface area (Å²) in [6, 6.07) is 18.2. The zero-order valence-electron chi connectivity index (χ0n) is 10.1. The van der Waals surface area contributed by atoms with Crippen LogP contribution in [0.5, 0.6) is 0 Å². The number of pyridine rings is 1. The van der Waals surface area contributed by atoms with E-state index in [1.807, 2.05) is 47.8 Å². The van der Waals surface area contributed by atoms with Gasteiger partial charge in [0.25, 0.3) is 0 Å². The van der Waals surface area contributed by atoms with Crippen molar-refractivity contribution >= 4 is 11.3 Å². The summed E-state index contributed by atoms with van der Waals surface area (Å²) in [5.74, 6) is 0. The van der Waals surface area contributed by atoms with E-state index in [2.05, 4.69) is 17.1 Å². The minimum atomic E-state index is 0.748. The van der Waals surface area contributed by atoms with Crippen LogP contribution >= 0.6 is 11.3 Å². The van der Waals surface area contributed by atoms with Gasteiger partial charge in [0.1, 0.15) is 10.9 Å². The third-order valence-electron chi connectivity index (χ3n) is 2.90. The van der Waals surface area contributed by atoms with Gasteiger partial charge in [0.15, 0.2) is 0 Å². The van der Waals surface area contributed by atoms with Crippen molar-refractivity contribution < 1.29 is 0 Å². The van der Waals surface area contributed by atoms with Gasteiger partial charge in [-0.25, -0.2) is 0 Å². The predicted octanol–water partition coefficient (Wildman–Crippen LogP) is 4.35. The van der Waals surface area contributed by atoms with Crippen LogP contribution in [0.15, 0.2) is 60.1 Å². The number of thiophene rings is 1. The second-order valence-electron chi connectivity index (χ2n) is 4.07. The van der Waals surface area contributed by atoms with Crippen LogP contribution in [-0.4, -0.2) is 4.98 Å². The molecule has 0 amide bonds. The third-order valence-corrected chi connectivity index (χ3v) is 3.72. The molecule has 0 saturated carbocycles. The molecule has 2 heterocycles. The molecule has 2 aromatic heterocycles. The molecule has 3 aromatic rings. The zero-order chi connectivity index (χ0) is 13.1. The van der Waals surface area contributed by atoms with E-state index in [0.717, 1.165) is 27.3 Å². The van der Waals surface area contributed by atoms with Crippen molar-refractivity contribution in [3.05, 3.63) is 65.0 Å². The molecule has 1 aromatic carbocycles. The quantitative estimate of drug-likeness (QED) is 0.688. The maximum atomic E-state index is 9.10. The molecular weight excluding hydrogens is 252 g/mol. The Kier molecular flexibility index (Phi) is 3.09. The first-order valence-corrected chi connectivity index (χ1v) is 6.76. The summed E-state index contributed by atoms with van der Waals surface area (Å²) in [5.41, 5.74) is 4.05. The van der Waals surface area contributed by atoms with E-state index in [1.54, 1.807) is 6.20 Å². The highest BCUT2D eigenvalue weighted by Gasteiger charge is 2.07. The van der Waals surface area contributed by atoms with E-state index in [4.69, 9.17) is 5.26 Å². The molecule has 0 N–H and O–H groups in total. The van der Waals surface area contributed by atoms with Crippen LogP contribution in [0.4, 0.5) is 0 Å². The average molecular weight is 262 g/mol. The van der Waals surface area contributed by atoms with Gasteiger partial charge in [-0.3, -0.25) is 4.98 Å². The number of benzene rings is 1. The molecule has 0 atom stereocenters. The van der Waals surface area contributed by atoms with Crippen LogP contribution in [0.3, 0.4) is 0 Å². The Morgan fingerprint density at radius 3 is 2.68 bits per heavy atom. The van der Waals surface area contributed by atoms with Gasteiger partial charge in [-0.15, -0.1) is 11.3 Å². The molecule has 0 fully saturated rings. The summed E-state index contributed by atoms with van der Waals surface area (Å²) < 4.78 is 0. The summed E-state index contributed by atoms with van der Waals surface area (Å²) in [5, 5.41) is 11.0. The Morgan fingerprint density at radius 2 is 1.89 bits per heavy atom. The highest BCUT2D eigenvalue weighted by atomic mass is 32.1. The minimum absolute atomic E-state index is 0.748. The molecule has 3 heteroatoms. The van der Waals surface area contributed by atoms with Crippen molar-refractivity contribution in [2.24, 2.45) is 0 Å². The second-order valence-corrected chi connectivity index (χ2v) is 4.99. The lowest BCUT2D eigenvalue weighted by molar-refractivity contribution is 1.33. The van der Waals surface area contributed by atoms with Crippen molar-refractivity contribution in [3.8, 4) is 28.5 Å². The van der Waals surface area contributed by atoms with Crippen molar-refractivity contribution in [1.29, 1.82) is 5.26 Å². The van der Waals surface area contributed by atoms with Gasteiger partial charge in [0.2, 0.25) is 0 Å². The monoisotopic (exact) mass is 262 g/mol. The fourth-order valence-corrected chi connectivity index (χ4v) is 2.71. The Labute approximate surface area is 115 Å². The fourth-order valence-electron chi connectivity index (χ4n) is 2.00. The topological polar surface area (TPSA) is 36.7 Å². The van der Waals surface area contributed by atoms with Gasteiger partial charge in [-0.05, 0) is 35.2 Å². The maximum absolute atomic E-state index is 9.10. The van der Waals surface area contributed by atoms with Gasteiger partial charge < -0.3 is 0 Å².